The van der Waals surface area contributed by atoms with Gasteiger partial charge in [-0.05, 0) is 40.5 Å². The molecule has 1 fully saturated rings. The Morgan fingerprint density at radius 1 is 0.787 bits per heavy atom. The van der Waals surface area contributed by atoms with E-state index in [1.807, 2.05) is 91.0 Å². The van der Waals surface area contributed by atoms with Crippen LogP contribution in [0.3, 0.4) is 0 Å². The van der Waals surface area contributed by atoms with Crippen LogP contribution in [0.25, 0.3) is 0 Å². The Morgan fingerprint density at radius 3 is 2.00 bits per heavy atom. The maximum absolute atomic E-state index is 13.9. The molecular weight excluding hydrogens is 618 g/mol. The van der Waals surface area contributed by atoms with Crippen LogP contribution >= 0.6 is 11.8 Å². The first-order chi connectivity index (χ1) is 22.9. The van der Waals surface area contributed by atoms with E-state index in [-0.39, 0.29) is 30.4 Å². The fraction of sp³-hybridized carbons (Fsp3) is 0.167. The van der Waals surface area contributed by atoms with Gasteiger partial charge in [-0.1, -0.05) is 103 Å². The topological polar surface area (TPSA) is 134 Å². The molecule has 4 aromatic rings. The monoisotopic (exact) mass is 649 g/mol. The van der Waals surface area contributed by atoms with Crippen LogP contribution in [0.4, 0.5) is 4.79 Å². The summed E-state index contributed by atoms with van der Waals surface area (Å²) in [7, 11) is 0. The number of aromatic hydroxyl groups is 1. The second-order valence-corrected chi connectivity index (χ2v) is 12.2. The Hall–Kier alpha value is -5.55. The van der Waals surface area contributed by atoms with Gasteiger partial charge >= 0.3 is 12.1 Å². The van der Waals surface area contributed by atoms with Crippen molar-refractivity contribution in [3.8, 4) is 5.75 Å². The summed E-state index contributed by atoms with van der Waals surface area (Å²) >= 11 is 1.20. The maximum atomic E-state index is 13.9. The molecule has 0 aliphatic carbocycles. The summed E-state index contributed by atoms with van der Waals surface area (Å²) in [6.07, 6.45) is -0.0323. The van der Waals surface area contributed by atoms with Crippen molar-refractivity contribution >= 4 is 35.6 Å². The van der Waals surface area contributed by atoms with Crippen LogP contribution in [0, 0.1) is 0 Å². The van der Waals surface area contributed by atoms with Gasteiger partial charge in [-0.3, -0.25) is 14.5 Å². The minimum atomic E-state index is -1.00. The van der Waals surface area contributed by atoms with E-state index in [0.29, 0.717) is 5.56 Å². The van der Waals surface area contributed by atoms with Gasteiger partial charge in [-0.25, -0.2) is 9.59 Å². The predicted molar refractivity (Wildman–Crippen MR) is 174 cm³/mol. The van der Waals surface area contributed by atoms with Gasteiger partial charge in [0.2, 0.25) is 5.91 Å². The zero-order valence-corrected chi connectivity index (χ0v) is 25.8. The van der Waals surface area contributed by atoms with E-state index in [2.05, 4.69) is 10.6 Å². The minimum absolute atomic E-state index is 0.0168. The molecule has 0 spiro atoms. The van der Waals surface area contributed by atoms with Gasteiger partial charge in [-0.2, -0.15) is 0 Å². The molecule has 2 aliphatic heterocycles. The third-order valence-corrected chi connectivity index (χ3v) is 8.94. The molecule has 1 saturated heterocycles. The third kappa shape index (κ3) is 7.47. The number of phenols is 1. The Bertz CT molecular complexity index is 1730. The Labute approximate surface area is 275 Å². The number of thioether (sulfide) groups is 1. The molecule has 4 aromatic carbocycles. The first-order valence-electron chi connectivity index (χ1n) is 14.9. The van der Waals surface area contributed by atoms with Crippen molar-refractivity contribution in [1.82, 2.24) is 15.5 Å². The van der Waals surface area contributed by atoms with Crippen LogP contribution in [-0.4, -0.2) is 50.7 Å². The van der Waals surface area contributed by atoms with Crippen molar-refractivity contribution in [2.24, 2.45) is 0 Å². The normalized spacial score (nSPS) is 18.3. The number of amides is 3. The molecule has 0 aromatic heterocycles. The maximum Gasteiger partial charge on any atom is 0.408 e. The molecule has 0 bridgehead atoms. The quantitative estimate of drug-likeness (QED) is 0.165. The zero-order valence-electron chi connectivity index (χ0n) is 25.0. The van der Waals surface area contributed by atoms with Gasteiger partial charge < -0.3 is 25.2 Å². The number of fused-ring (bicyclic) bond motifs is 1. The number of carbonyl (C=O) groups is 4. The average molecular weight is 650 g/mol. The number of carbonyl (C=O) groups excluding carboxylic acids is 4. The van der Waals surface area contributed by atoms with E-state index in [4.69, 9.17) is 9.47 Å². The van der Waals surface area contributed by atoms with Gasteiger partial charge in [0.15, 0.2) is 6.10 Å². The molecule has 3 N–H and O–H groups in total. The number of esters is 1. The fourth-order valence-electron chi connectivity index (χ4n) is 5.30. The number of β-lactam (4-membered cyclic amide) rings is 1. The summed E-state index contributed by atoms with van der Waals surface area (Å²) in [5.41, 5.74) is 2.90. The lowest BCUT2D eigenvalue weighted by Gasteiger charge is -2.49. The number of phenolic OH excluding ortho intramolecular Hbond substituents is 1. The van der Waals surface area contributed by atoms with E-state index in [1.165, 1.54) is 34.9 Å². The number of nitrogens with one attached hydrogen (secondary N) is 2. The lowest BCUT2D eigenvalue weighted by Crippen LogP contribution is -2.71. The van der Waals surface area contributed by atoms with E-state index >= 15 is 0 Å². The van der Waals surface area contributed by atoms with Crippen LogP contribution < -0.4 is 10.6 Å². The van der Waals surface area contributed by atoms with Crippen molar-refractivity contribution in [3.05, 3.63) is 149 Å². The number of ether oxygens (including phenoxy) is 2. The van der Waals surface area contributed by atoms with E-state index in [0.717, 1.165) is 16.7 Å². The molecule has 2 aliphatic rings. The van der Waals surface area contributed by atoms with Crippen molar-refractivity contribution in [2.75, 3.05) is 0 Å². The molecule has 2 heterocycles. The molecule has 47 heavy (non-hydrogen) atoms. The highest BCUT2D eigenvalue weighted by atomic mass is 32.2. The van der Waals surface area contributed by atoms with Crippen LogP contribution in [0.15, 0.2) is 127 Å². The van der Waals surface area contributed by atoms with Crippen molar-refractivity contribution in [2.45, 2.75) is 35.9 Å². The van der Waals surface area contributed by atoms with E-state index in [1.54, 1.807) is 12.1 Å². The smallest absolute Gasteiger partial charge is 0.408 e. The number of hydrogen-bond donors (Lipinski definition) is 3. The van der Waals surface area contributed by atoms with Crippen molar-refractivity contribution < 1.29 is 33.8 Å². The number of nitrogens with zero attached hydrogens (tertiary/aromatic N) is 1. The Balaban J connectivity index is 1.22. The second kappa shape index (κ2) is 14.3. The first kappa shape index (κ1) is 31.4. The predicted octanol–water partition coefficient (Wildman–Crippen LogP) is 4.80. The lowest BCUT2D eigenvalue weighted by molar-refractivity contribution is -0.153. The molecule has 238 valence electrons. The van der Waals surface area contributed by atoms with Gasteiger partial charge in [-0.15, -0.1) is 11.8 Å². The SMILES string of the molecule is O=C(Cc1ccc(O)cc1)NC1C=C(C(=O)OC(c2ccccc2)c2ccccc2)N2C(=O)C(NC(=O)OCc3ccccc3)[C@H]2S1. The molecular formula is C36H31N3O7S. The summed E-state index contributed by atoms with van der Waals surface area (Å²) in [6, 6.07) is 32.9. The largest absolute Gasteiger partial charge is 0.508 e. The number of hydrogen-bond acceptors (Lipinski definition) is 8. The molecule has 10 nitrogen and oxygen atoms in total. The fourth-order valence-corrected chi connectivity index (χ4v) is 6.69. The third-order valence-electron chi connectivity index (χ3n) is 7.63. The average Bonchev–Trinajstić information content (AvgIpc) is 3.10. The highest BCUT2D eigenvalue weighted by Gasteiger charge is 2.55. The van der Waals surface area contributed by atoms with Crippen LogP contribution in [-0.2, 0) is 36.9 Å². The Morgan fingerprint density at radius 2 is 1.38 bits per heavy atom. The summed E-state index contributed by atoms with van der Waals surface area (Å²) in [6.45, 7) is 0.0168. The van der Waals surface area contributed by atoms with Crippen molar-refractivity contribution in [3.63, 3.8) is 0 Å². The molecule has 2 unspecified atom stereocenters. The highest BCUT2D eigenvalue weighted by Crippen LogP contribution is 2.41. The van der Waals surface area contributed by atoms with Gasteiger partial charge in [0.1, 0.15) is 29.5 Å². The van der Waals surface area contributed by atoms with Crippen LogP contribution in [0.1, 0.15) is 28.4 Å². The Kier molecular flexibility index (Phi) is 9.53. The molecule has 3 atom stereocenters. The lowest BCUT2D eigenvalue weighted by atomic mass is 10.0. The molecule has 0 radical (unpaired) electrons. The van der Waals surface area contributed by atoms with Crippen molar-refractivity contribution in [1.29, 1.82) is 0 Å². The van der Waals surface area contributed by atoms with Crippen LogP contribution in [0.2, 0.25) is 0 Å². The van der Waals surface area contributed by atoms with E-state index in [9.17, 15) is 24.3 Å². The van der Waals surface area contributed by atoms with Gasteiger partial charge in [0.05, 0.1) is 11.8 Å². The zero-order chi connectivity index (χ0) is 32.8. The number of rotatable bonds is 10. The summed E-state index contributed by atoms with van der Waals surface area (Å²) in [5.74, 6) is -1.52. The van der Waals surface area contributed by atoms with Gasteiger partial charge in [0, 0.05) is 0 Å². The second-order valence-electron chi connectivity index (χ2n) is 10.9. The number of benzene rings is 4. The molecule has 11 heteroatoms. The first-order valence-corrected chi connectivity index (χ1v) is 15.9. The van der Waals surface area contributed by atoms with Gasteiger partial charge in [0.25, 0.3) is 5.91 Å². The molecule has 6 rings (SSSR count). The summed E-state index contributed by atoms with van der Waals surface area (Å²) < 4.78 is 11.4. The molecule has 3 amide bonds. The van der Waals surface area contributed by atoms with E-state index < -0.39 is 40.9 Å². The molecule has 0 saturated carbocycles. The highest BCUT2D eigenvalue weighted by molar-refractivity contribution is 8.00. The standard InChI is InChI=1S/C36H31N3O7S/c40-27-18-16-23(17-19-27)20-29(41)37-30-21-28(35(43)46-32(25-12-6-2-7-13-25)26-14-8-3-9-15-26)39-33(42)31(34(39)47-30)38-36(44)45-22-24-10-4-1-5-11-24/h1-19,21,30-32,34,40H,20,22H2,(H,37,41)(H,38,44)/t30?,31?,34-/m1/s1. The summed E-state index contributed by atoms with van der Waals surface area (Å²) in [4.78, 5) is 54.3. The summed E-state index contributed by atoms with van der Waals surface area (Å²) in [5, 5.41) is 13.6. The number of alkyl carbamates (subject to hydrolysis) is 1. The van der Waals surface area contributed by atoms with Crippen LogP contribution in [0.5, 0.6) is 5.75 Å². The minimum Gasteiger partial charge on any atom is -0.508 e.